The van der Waals surface area contributed by atoms with Crippen molar-refractivity contribution in [2.75, 3.05) is 5.32 Å². The molecule has 1 atom stereocenters. The monoisotopic (exact) mass is 295 g/mol. The highest BCUT2D eigenvalue weighted by molar-refractivity contribution is 5.98. The molecule has 0 unspecified atom stereocenters. The molecule has 0 bridgehead atoms. The number of rotatable bonds is 3. The normalized spacial score (nSPS) is 14.7. The molecule has 0 saturated heterocycles. The molecule has 1 aromatic carbocycles. The van der Waals surface area contributed by atoms with E-state index in [1.165, 1.54) is 0 Å². The average molecular weight is 295 g/mol. The van der Waals surface area contributed by atoms with Crippen LogP contribution in [0.1, 0.15) is 40.9 Å². The number of aromatic nitrogens is 1. The van der Waals surface area contributed by atoms with E-state index in [1.54, 1.807) is 24.5 Å². The Morgan fingerprint density at radius 3 is 2.95 bits per heavy atom. The van der Waals surface area contributed by atoms with Gasteiger partial charge in [0.15, 0.2) is 0 Å². The minimum atomic E-state index is -0.129. The number of fused-ring (bicyclic) bond motifs is 1. The maximum absolute atomic E-state index is 12.4. The number of amides is 2. The maximum atomic E-state index is 12.4. The van der Waals surface area contributed by atoms with E-state index in [1.807, 2.05) is 25.1 Å². The molecule has 0 aliphatic carbocycles. The fourth-order valence-corrected chi connectivity index (χ4v) is 2.52. The van der Waals surface area contributed by atoms with Crippen molar-refractivity contribution >= 4 is 17.5 Å². The van der Waals surface area contributed by atoms with Crippen LogP contribution in [-0.2, 0) is 11.2 Å². The van der Waals surface area contributed by atoms with Gasteiger partial charge in [0.05, 0.1) is 6.04 Å². The first-order valence-corrected chi connectivity index (χ1v) is 7.27. The molecule has 1 aliphatic rings. The van der Waals surface area contributed by atoms with E-state index in [4.69, 9.17) is 0 Å². The van der Waals surface area contributed by atoms with Gasteiger partial charge in [0.25, 0.3) is 5.91 Å². The number of nitrogens with zero attached hydrogens (tertiary/aromatic N) is 1. The summed E-state index contributed by atoms with van der Waals surface area (Å²) in [6, 6.07) is 9.03. The van der Waals surface area contributed by atoms with Crippen molar-refractivity contribution in [2.45, 2.75) is 25.8 Å². The zero-order chi connectivity index (χ0) is 15.5. The second-order valence-corrected chi connectivity index (χ2v) is 5.40. The smallest absolute Gasteiger partial charge is 0.251 e. The van der Waals surface area contributed by atoms with E-state index in [-0.39, 0.29) is 17.9 Å². The fraction of sp³-hybridized carbons (Fsp3) is 0.235. The Morgan fingerprint density at radius 2 is 2.18 bits per heavy atom. The van der Waals surface area contributed by atoms with E-state index in [0.29, 0.717) is 18.4 Å². The van der Waals surface area contributed by atoms with Crippen molar-refractivity contribution in [2.24, 2.45) is 0 Å². The van der Waals surface area contributed by atoms with E-state index in [2.05, 4.69) is 15.6 Å². The molecule has 22 heavy (non-hydrogen) atoms. The predicted octanol–water partition coefficient (Wildman–Crippen LogP) is 2.46. The van der Waals surface area contributed by atoms with Crippen molar-refractivity contribution in [3.05, 3.63) is 59.4 Å². The van der Waals surface area contributed by atoms with E-state index in [0.717, 1.165) is 16.8 Å². The first-order valence-electron chi connectivity index (χ1n) is 7.27. The van der Waals surface area contributed by atoms with E-state index in [9.17, 15) is 9.59 Å². The van der Waals surface area contributed by atoms with Crippen LogP contribution in [0.3, 0.4) is 0 Å². The molecule has 2 aromatic rings. The first kappa shape index (κ1) is 14.3. The van der Waals surface area contributed by atoms with Crippen LogP contribution < -0.4 is 10.6 Å². The Hall–Kier alpha value is -2.69. The van der Waals surface area contributed by atoms with Crippen LogP contribution in [0.15, 0.2) is 42.7 Å². The van der Waals surface area contributed by atoms with Gasteiger partial charge in [0.2, 0.25) is 5.91 Å². The van der Waals surface area contributed by atoms with Gasteiger partial charge in [-0.3, -0.25) is 14.6 Å². The quantitative estimate of drug-likeness (QED) is 0.913. The number of aryl methyl sites for hydroxylation is 1. The van der Waals surface area contributed by atoms with Crippen LogP contribution in [0.2, 0.25) is 0 Å². The largest absolute Gasteiger partial charge is 0.345 e. The number of carbonyl (C=O) groups is 2. The van der Waals surface area contributed by atoms with Crippen LogP contribution in [0.25, 0.3) is 0 Å². The lowest BCUT2D eigenvalue weighted by Crippen LogP contribution is -2.27. The summed E-state index contributed by atoms with van der Waals surface area (Å²) < 4.78 is 0. The summed E-state index contributed by atoms with van der Waals surface area (Å²) in [5, 5.41) is 5.78. The zero-order valence-corrected chi connectivity index (χ0v) is 12.3. The van der Waals surface area contributed by atoms with Gasteiger partial charge in [-0.25, -0.2) is 0 Å². The van der Waals surface area contributed by atoms with Crippen molar-refractivity contribution in [1.29, 1.82) is 0 Å². The number of hydrogen-bond acceptors (Lipinski definition) is 3. The third-order valence-corrected chi connectivity index (χ3v) is 3.79. The lowest BCUT2D eigenvalue weighted by Gasteiger charge is -2.18. The van der Waals surface area contributed by atoms with Gasteiger partial charge in [-0.1, -0.05) is 6.07 Å². The fourth-order valence-electron chi connectivity index (χ4n) is 2.52. The van der Waals surface area contributed by atoms with E-state index >= 15 is 0 Å². The lowest BCUT2D eigenvalue weighted by atomic mass is 10.00. The molecule has 5 nitrogen and oxygen atoms in total. The van der Waals surface area contributed by atoms with Crippen LogP contribution in [-0.4, -0.2) is 16.8 Å². The minimum absolute atomic E-state index is 0.0231. The van der Waals surface area contributed by atoms with Crippen molar-refractivity contribution in [1.82, 2.24) is 10.3 Å². The summed E-state index contributed by atoms with van der Waals surface area (Å²) in [6.07, 6.45) is 4.58. The van der Waals surface area contributed by atoms with Gasteiger partial charge in [0.1, 0.15) is 0 Å². The Kier molecular flexibility index (Phi) is 3.87. The average Bonchev–Trinajstić information content (AvgIpc) is 2.55. The predicted molar refractivity (Wildman–Crippen MR) is 83.5 cm³/mol. The molecular formula is C17H17N3O2. The molecule has 1 aliphatic heterocycles. The van der Waals surface area contributed by atoms with Crippen molar-refractivity contribution in [3.63, 3.8) is 0 Å². The molecular weight excluding hydrogens is 278 g/mol. The molecule has 1 aromatic heterocycles. The first-order chi connectivity index (χ1) is 10.6. The highest BCUT2D eigenvalue weighted by atomic mass is 16.2. The molecule has 112 valence electrons. The van der Waals surface area contributed by atoms with Gasteiger partial charge < -0.3 is 10.6 Å². The third kappa shape index (κ3) is 2.98. The van der Waals surface area contributed by atoms with Gasteiger partial charge in [-0.15, -0.1) is 0 Å². The second kappa shape index (κ2) is 5.97. The van der Waals surface area contributed by atoms with Gasteiger partial charge in [-0.2, -0.15) is 0 Å². The van der Waals surface area contributed by atoms with Crippen molar-refractivity contribution < 1.29 is 9.59 Å². The molecule has 0 radical (unpaired) electrons. The van der Waals surface area contributed by atoms with Crippen molar-refractivity contribution in [3.8, 4) is 0 Å². The number of benzene rings is 1. The molecule has 3 rings (SSSR count). The molecule has 0 fully saturated rings. The molecule has 2 heterocycles. The number of anilines is 1. The van der Waals surface area contributed by atoms with E-state index < -0.39 is 0 Å². The van der Waals surface area contributed by atoms with Crippen LogP contribution in [0.4, 0.5) is 5.69 Å². The standard InChI is InChI=1S/C17H17N3O2/c1-11(14-3-2-8-18-10-14)19-17(22)13-4-6-15-12(9-13)5-7-16(21)20-15/h2-4,6,8-11H,5,7H2,1H3,(H,19,22)(H,20,21)/t11-/m1/s1. The number of pyridine rings is 1. The highest BCUT2D eigenvalue weighted by Crippen LogP contribution is 2.24. The Bertz CT molecular complexity index is 713. The summed E-state index contributed by atoms with van der Waals surface area (Å²) in [6.45, 7) is 1.92. The summed E-state index contributed by atoms with van der Waals surface area (Å²) in [5.74, 6) is -0.106. The third-order valence-electron chi connectivity index (χ3n) is 3.79. The topological polar surface area (TPSA) is 71.1 Å². The van der Waals surface area contributed by atoms with Gasteiger partial charge >= 0.3 is 0 Å². The van der Waals surface area contributed by atoms with Gasteiger partial charge in [0, 0.05) is 30.1 Å². The van der Waals surface area contributed by atoms with Gasteiger partial charge in [-0.05, 0) is 48.7 Å². The maximum Gasteiger partial charge on any atom is 0.251 e. The molecule has 2 amide bonds. The molecule has 2 N–H and O–H groups in total. The van der Waals surface area contributed by atoms with Crippen LogP contribution in [0, 0.1) is 0 Å². The molecule has 5 heteroatoms. The minimum Gasteiger partial charge on any atom is -0.345 e. The molecule has 0 saturated carbocycles. The SMILES string of the molecule is C[C@@H](NC(=O)c1ccc2c(c1)CCC(=O)N2)c1cccnc1. The summed E-state index contributed by atoms with van der Waals surface area (Å²) in [5.41, 5.74) is 3.36. The second-order valence-electron chi connectivity index (χ2n) is 5.40. The Morgan fingerprint density at radius 1 is 1.32 bits per heavy atom. The summed E-state index contributed by atoms with van der Waals surface area (Å²) in [7, 11) is 0. The number of carbonyl (C=O) groups excluding carboxylic acids is 2. The molecule has 0 spiro atoms. The Balaban J connectivity index is 1.74. The lowest BCUT2D eigenvalue weighted by molar-refractivity contribution is -0.116. The van der Waals surface area contributed by atoms with Crippen LogP contribution >= 0.6 is 0 Å². The summed E-state index contributed by atoms with van der Waals surface area (Å²) in [4.78, 5) is 27.8. The summed E-state index contributed by atoms with van der Waals surface area (Å²) >= 11 is 0. The zero-order valence-electron chi connectivity index (χ0n) is 12.3. The highest BCUT2D eigenvalue weighted by Gasteiger charge is 2.17. The number of nitrogens with one attached hydrogen (secondary N) is 2. The number of hydrogen-bond donors (Lipinski definition) is 2. The Labute approximate surface area is 128 Å². The van der Waals surface area contributed by atoms with Crippen LogP contribution in [0.5, 0.6) is 0 Å².